The molecule has 0 radical (unpaired) electrons. The molecule has 0 N–H and O–H groups in total. The smallest absolute Gasteiger partial charge is 0.363 e. The molecule has 0 spiro atoms. The fraction of sp³-hybridized carbons (Fsp3) is 0.455. The van der Waals surface area contributed by atoms with Gasteiger partial charge in [-0.3, -0.25) is 18.5 Å². The predicted molar refractivity (Wildman–Crippen MR) is 123 cm³/mol. The van der Waals surface area contributed by atoms with Crippen LogP contribution in [0.3, 0.4) is 0 Å². The molecule has 3 rings (SSSR count). The van der Waals surface area contributed by atoms with Gasteiger partial charge in [0.1, 0.15) is 0 Å². The summed E-state index contributed by atoms with van der Waals surface area (Å²) in [6.45, 7) is 4.39. The highest BCUT2D eigenvalue weighted by Gasteiger charge is 2.29. The van der Waals surface area contributed by atoms with Gasteiger partial charge in [0.2, 0.25) is 11.5 Å². The minimum absolute atomic E-state index is 0.0490. The van der Waals surface area contributed by atoms with E-state index in [1.165, 1.54) is 16.2 Å². The summed E-state index contributed by atoms with van der Waals surface area (Å²) in [5.74, 6) is -0.332. The summed E-state index contributed by atoms with van der Waals surface area (Å²) in [4.78, 5) is 43.0. The largest absolute Gasteiger partial charge is 0.433 e. The van der Waals surface area contributed by atoms with Crippen LogP contribution in [0.15, 0.2) is 39.9 Å². The van der Waals surface area contributed by atoms with Crippen LogP contribution < -0.4 is 11.2 Å². The van der Waals surface area contributed by atoms with E-state index in [-0.39, 0.29) is 28.9 Å². The van der Waals surface area contributed by atoms with Crippen LogP contribution in [-0.4, -0.2) is 56.8 Å². The number of aromatic nitrogens is 4. The molecule has 1 unspecified atom stereocenters. The topological polar surface area (TPSA) is 88.1 Å². The maximum Gasteiger partial charge on any atom is 0.363 e. The Balaban J connectivity index is 2.28. The number of likely N-dealkylation sites (N-methyl/N-ethyl adjacent to an activating group) is 1. The van der Waals surface area contributed by atoms with Crippen molar-refractivity contribution in [1.82, 2.24) is 18.7 Å². The molecule has 3 aromatic rings. The number of nitrogens with zero attached hydrogens (tertiary/aromatic N) is 5. The first-order valence-electron chi connectivity index (χ1n) is 10.3. The van der Waals surface area contributed by atoms with E-state index in [0.717, 1.165) is 4.57 Å². The van der Waals surface area contributed by atoms with Crippen LogP contribution >= 0.6 is 11.6 Å². The van der Waals surface area contributed by atoms with Crippen molar-refractivity contribution in [2.45, 2.75) is 26.6 Å². The van der Waals surface area contributed by atoms with E-state index in [1.807, 2.05) is 41.1 Å². The fourth-order valence-corrected chi connectivity index (χ4v) is 3.73. The number of fused-ring (bicyclic) bond motifs is 1. The Kier molecular flexibility index (Phi) is 6.61. The van der Waals surface area contributed by atoms with Crippen LogP contribution in [0.25, 0.3) is 11.2 Å². The summed E-state index contributed by atoms with van der Waals surface area (Å²) in [5.41, 5.74) is -0.152. The van der Waals surface area contributed by atoms with E-state index in [0.29, 0.717) is 16.6 Å². The number of carbonyl (C=O) groups excluding carboxylic acids is 1. The van der Waals surface area contributed by atoms with Crippen molar-refractivity contribution in [3.8, 4) is 0 Å². The lowest BCUT2D eigenvalue weighted by molar-refractivity contribution is -0.862. The van der Waals surface area contributed by atoms with Gasteiger partial charge in [-0.1, -0.05) is 44.2 Å². The lowest BCUT2D eigenvalue weighted by Gasteiger charge is -2.25. The average Bonchev–Trinajstić information content (AvgIpc) is 3.03. The second-order valence-corrected chi connectivity index (χ2v) is 9.61. The standard InChI is InChI=1S/C22H29ClN5O4/c1-14(2)12-26-18-17(19(30)25(3)22(26)31)27(21(23)24-18)20(15-10-8-7-9-11-15)32-16(29)13-28(4,5)6/h7-11,14,20H,12-13H2,1-6H3/q+1. The van der Waals surface area contributed by atoms with E-state index < -0.39 is 23.4 Å². The Labute approximate surface area is 191 Å². The van der Waals surface area contributed by atoms with Crippen LogP contribution in [-0.2, 0) is 23.1 Å². The van der Waals surface area contributed by atoms with Crippen molar-refractivity contribution in [3.05, 3.63) is 62.0 Å². The van der Waals surface area contributed by atoms with E-state index in [9.17, 15) is 14.4 Å². The van der Waals surface area contributed by atoms with E-state index in [2.05, 4.69) is 4.98 Å². The molecule has 172 valence electrons. The van der Waals surface area contributed by atoms with Gasteiger partial charge in [-0.2, -0.15) is 4.98 Å². The second-order valence-electron chi connectivity index (χ2n) is 9.28. The van der Waals surface area contributed by atoms with Gasteiger partial charge < -0.3 is 9.22 Å². The predicted octanol–water partition coefficient (Wildman–Crippen LogP) is 2.00. The fourth-order valence-electron chi connectivity index (χ4n) is 3.48. The third-order valence-corrected chi connectivity index (χ3v) is 5.11. The van der Waals surface area contributed by atoms with Gasteiger partial charge >= 0.3 is 11.7 Å². The van der Waals surface area contributed by atoms with Crippen LogP contribution in [0.2, 0.25) is 5.28 Å². The molecule has 0 amide bonds. The molecular formula is C22H29ClN5O4+. The number of esters is 1. The number of hydrogen-bond acceptors (Lipinski definition) is 5. The number of rotatable bonds is 7. The SMILES string of the molecule is CC(C)Cn1c(=O)n(C)c(=O)c2c1nc(Cl)n2C(OC(=O)C[N+](C)(C)C)c1ccccc1. The maximum absolute atomic E-state index is 13.2. The molecule has 1 atom stereocenters. The molecule has 0 aliphatic carbocycles. The van der Waals surface area contributed by atoms with E-state index in [1.54, 1.807) is 24.3 Å². The zero-order valence-electron chi connectivity index (χ0n) is 19.2. The van der Waals surface area contributed by atoms with Crippen LogP contribution in [0.5, 0.6) is 0 Å². The second kappa shape index (κ2) is 8.91. The number of benzene rings is 1. The lowest BCUT2D eigenvalue weighted by Crippen LogP contribution is -2.41. The van der Waals surface area contributed by atoms with E-state index >= 15 is 0 Å². The van der Waals surface area contributed by atoms with Crippen molar-refractivity contribution in [2.75, 3.05) is 27.7 Å². The molecule has 9 nitrogen and oxygen atoms in total. The molecule has 0 aliphatic rings. The zero-order valence-corrected chi connectivity index (χ0v) is 20.0. The normalized spacial score (nSPS) is 13.0. The van der Waals surface area contributed by atoms with Gasteiger partial charge in [-0.05, 0) is 17.5 Å². The van der Waals surface area contributed by atoms with Gasteiger partial charge in [-0.15, -0.1) is 0 Å². The number of quaternary nitrogens is 1. The van der Waals surface area contributed by atoms with Gasteiger partial charge in [0, 0.05) is 19.2 Å². The number of imidazole rings is 1. The molecule has 32 heavy (non-hydrogen) atoms. The average molecular weight is 463 g/mol. The monoisotopic (exact) mass is 462 g/mol. The van der Waals surface area contributed by atoms with Crippen LogP contribution in [0.4, 0.5) is 0 Å². The van der Waals surface area contributed by atoms with Gasteiger partial charge in [0.25, 0.3) is 5.56 Å². The Morgan fingerprint density at radius 3 is 2.34 bits per heavy atom. The minimum atomic E-state index is -1.02. The molecule has 0 fully saturated rings. The molecule has 0 bridgehead atoms. The summed E-state index contributed by atoms with van der Waals surface area (Å²) in [6.07, 6.45) is -1.02. The van der Waals surface area contributed by atoms with Crippen molar-refractivity contribution in [3.63, 3.8) is 0 Å². The zero-order chi connectivity index (χ0) is 23.8. The highest BCUT2D eigenvalue weighted by Crippen LogP contribution is 2.28. The Bertz CT molecular complexity index is 1250. The molecule has 0 aliphatic heterocycles. The number of hydrogen-bond donors (Lipinski definition) is 0. The van der Waals surface area contributed by atoms with Crippen LogP contribution in [0.1, 0.15) is 25.6 Å². The number of carbonyl (C=O) groups is 1. The third kappa shape index (κ3) is 4.78. The lowest BCUT2D eigenvalue weighted by atomic mass is 10.2. The van der Waals surface area contributed by atoms with Crippen LogP contribution in [0, 0.1) is 5.92 Å². The first-order chi connectivity index (χ1) is 14.9. The summed E-state index contributed by atoms with van der Waals surface area (Å²) in [6, 6.07) is 8.99. The first kappa shape index (κ1) is 23.7. The Hall–Kier alpha value is -2.91. The van der Waals surface area contributed by atoms with E-state index in [4.69, 9.17) is 16.3 Å². The summed E-state index contributed by atoms with van der Waals surface area (Å²) < 4.78 is 10.1. The van der Waals surface area contributed by atoms with Gasteiger partial charge in [0.05, 0.1) is 21.1 Å². The van der Waals surface area contributed by atoms with Crippen molar-refractivity contribution >= 4 is 28.7 Å². The molecular weight excluding hydrogens is 434 g/mol. The molecule has 2 heterocycles. The highest BCUT2D eigenvalue weighted by atomic mass is 35.5. The van der Waals surface area contributed by atoms with Gasteiger partial charge in [-0.25, -0.2) is 9.59 Å². The number of ether oxygens (including phenoxy) is 1. The molecule has 10 heteroatoms. The maximum atomic E-state index is 13.2. The van der Waals surface area contributed by atoms with Crippen molar-refractivity contribution < 1.29 is 14.0 Å². The summed E-state index contributed by atoms with van der Waals surface area (Å²) in [5, 5.41) is -0.0490. The first-order valence-corrected chi connectivity index (χ1v) is 10.7. The third-order valence-electron chi connectivity index (χ3n) is 4.84. The van der Waals surface area contributed by atoms with Crippen molar-refractivity contribution in [1.29, 1.82) is 0 Å². The van der Waals surface area contributed by atoms with Gasteiger partial charge in [0.15, 0.2) is 17.7 Å². The Morgan fingerprint density at radius 2 is 1.78 bits per heavy atom. The molecule has 0 saturated carbocycles. The minimum Gasteiger partial charge on any atom is -0.433 e. The molecule has 2 aromatic heterocycles. The number of halogens is 1. The summed E-state index contributed by atoms with van der Waals surface area (Å²) >= 11 is 6.51. The molecule has 1 aromatic carbocycles. The molecule has 0 saturated heterocycles. The Morgan fingerprint density at radius 1 is 1.16 bits per heavy atom. The summed E-state index contributed by atoms with van der Waals surface area (Å²) in [7, 11) is 7.03. The quantitative estimate of drug-likeness (QED) is 0.304. The highest BCUT2D eigenvalue weighted by molar-refractivity contribution is 6.29. The van der Waals surface area contributed by atoms with Crippen molar-refractivity contribution in [2.24, 2.45) is 13.0 Å².